The van der Waals surface area contributed by atoms with Gasteiger partial charge < -0.3 is 13.9 Å². The molecule has 0 radical (unpaired) electrons. The highest BCUT2D eigenvalue weighted by Crippen LogP contribution is 2.36. The van der Waals surface area contributed by atoms with Gasteiger partial charge >= 0.3 is 0 Å². The Morgan fingerprint density at radius 3 is 2.65 bits per heavy atom. The zero-order valence-corrected chi connectivity index (χ0v) is 10.8. The maximum absolute atomic E-state index is 5.53. The van der Waals surface area contributed by atoms with Crippen molar-refractivity contribution in [1.29, 1.82) is 0 Å². The van der Waals surface area contributed by atoms with E-state index in [2.05, 4.69) is 20.9 Å². The topological polar surface area (TPSA) is 44.5 Å². The van der Waals surface area contributed by atoms with E-state index in [4.69, 9.17) is 13.9 Å². The van der Waals surface area contributed by atoms with Crippen molar-refractivity contribution < 1.29 is 13.9 Å². The van der Waals surface area contributed by atoms with Crippen molar-refractivity contribution in [2.75, 3.05) is 13.2 Å². The van der Waals surface area contributed by atoms with Gasteiger partial charge in [0.1, 0.15) is 18.9 Å². The van der Waals surface area contributed by atoms with Gasteiger partial charge in [0, 0.05) is 12.5 Å². The molecule has 88 valence electrons. The monoisotopic (exact) mass is 295 g/mol. The summed E-state index contributed by atoms with van der Waals surface area (Å²) in [5.74, 6) is 2.15. The highest BCUT2D eigenvalue weighted by atomic mass is 79.9. The van der Waals surface area contributed by atoms with E-state index in [1.165, 1.54) is 0 Å². The van der Waals surface area contributed by atoms with Crippen LogP contribution in [0.25, 0.3) is 11.3 Å². The predicted molar refractivity (Wildman–Crippen MR) is 65.4 cm³/mol. The van der Waals surface area contributed by atoms with Crippen LogP contribution in [-0.2, 0) is 0 Å². The largest absolute Gasteiger partial charge is 0.486 e. The number of rotatable bonds is 1. The molecular weight excluding hydrogens is 286 g/mol. The molecule has 1 aliphatic rings. The molecule has 0 spiro atoms. The molecule has 0 saturated heterocycles. The minimum Gasteiger partial charge on any atom is -0.486 e. The Labute approximate surface area is 107 Å². The number of ether oxygens (including phenoxy) is 2. The van der Waals surface area contributed by atoms with Crippen molar-refractivity contribution >= 4 is 15.9 Å². The van der Waals surface area contributed by atoms with Gasteiger partial charge in [0.2, 0.25) is 0 Å². The number of aryl methyl sites for hydroxylation is 1. The van der Waals surface area contributed by atoms with E-state index in [9.17, 15) is 0 Å². The number of aromatic nitrogens is 1. The van der Waals surface area contributed by atoms with Gasteiger partial charge in [0.25, 0.3) is 0 Å². The molecule has 1 aliphatic heterocycles. The highest BCUT2D eigenvalue weighted by molar-refractivity contribution is 9.10. The highest BCUT2D eigenvalue weighted by Gasteiger charge is 2.16. The summed E-state index contributed by atoms with van der Waals surface area (Å²) >= 11 is 3.35. The quantitative estimate of drug-likeness (QED) is 0.810. The number of hydrogen-bond donors (Lipinski definition) is 0. The van der Waals surface area contributed by atoms with Gasteiger partial charge in [0.15, 0.2) is 22.1 Å². The van der Waals surface area contributed by atoms with Crippen LogP contribution < -0.4 is 9.47 Å². The molecule has 2 aromatic rings. The summed E-state index contributed by atoms with van der Waals surface area (Å²) in [7, 11) is 0. The lowest BCUT2D eigenvalue weighted by molar-refractivity contribution is 0.171. The minimum atomic E-state index is 0.579. The van der Waals surface area contributed by atoms with E-state index in [0.29, 0.717) is 23.8 Å². The molecule has 4 nitrogen and oxygen atoms in total. The van der Waals surface area contributed by atoms with Crippen LogP contribution in [0.2, 0.25) is 0 Å². The molecular formula is C12H10BrNO3. The summed E-state index contributed by atoms with van der Waals surface area (Å²) in [6, 6.07) is 5.74. The minimum absolute atomic E-state index is 0.579. The van der Waals surface area contributed by atoms with E-state index < -0.39 is 0 Å². The van der Waals surface area contributed by atoms with Gasteiger partial charge in [-0.3, -0.25) is 0 Å². The SMILES string of the molecule is Cc1nc(-c2ccc3c(c2)OCCO3)c(Br)o1. The molecule has 0 amide bonds. The fourth-order valence-electron chi connectivity index (χ4n) is 1.77. The van der Waals surface area contributed by atoms with Gasteiger partial charge in [-0.25, -0.2) is 4.98 Å². The van der Waals surface area contributed by atoms with Crippen molar-refractivity contribution in [2.45, 2.75) is 6.92 Å². The van der Waals surface area contributed by atoms with E-state index in [-0.39, 0.29) is 0 Å². The zero-order valence-electron chi connectivity index (χ0n) is 9.20. The predicted octanol–water partition coefficient (Wildman–Crippen LogP) is 3.18. The molecule has 0 aliphatic carbocycles. The average Bonchev–Trinajstić information content (AvgIpc) is 2.68. The third-order valence-electron chi connectivity index (χ3n) is 2.51. The first-order valence-electron chi connectivity index (χ1n) is 5.27. The molecule has 0 N–H and O–H groups in total. The van der Waals surface area contributed by atoms with E-state index in [1.54, 1.807) is 0 Å². The van der Waals surface area contributed by atoms with E-state index in [1.807, 2.05) is 25.1 Å². The van der Waals surface area contributed by atoms with Crippen molar-refractivity contribution in [2.24, 2.45) is 0 Å². The number of fused-ring (bicyclic) bond motifs is 1. The molecule has 5 heteroatoms. The Bertz CT molecular complexity index is 565. The molecule has 2 heterocycles. The number of halogens is 1. The second-order valence-corrected chi connectivity index (χ2v) is 4.43. The van der Waals surface area contributed by atoms with Crippen LogP contribution in [0.4, 0.5) is 0 Å². The third kappa shape index (κ3) is 1.91. The second-order valence-electron chi connectivity index (χ2n) is 3.71. The Kier molecular flexibility index (Phi) is 2.55. The average molecular weight is 296 g/mol. The summed E-state index contributed by atoms with van der Waals surface area (Å²) in [6.07, 6.45) is 0. The van der Waals surface area contributed by atoms with E-state index >= 15 is 0 Å². The molecule has 0 bridgehead atoms. The zero-order chi connectivity index (χ0) is 11.8. The molecule has 17 heavy (non-hydrogen) atoms. The standard InChI is InChI=1S/C12H10BrNO3/c1-7-14-11(12(13)17-7)8-2-3-9-10(6-8)16-5-4-15-9/h2-3,6H,4-5H2,1H3. The number of hydrogen-bond acceptors (Lipinski definition) is 4. The Morgan fingerprint density at radius 2 is 1.94 bits per heavy atom. The van der Waals surface area contributed by atoms with E-state index in [0.717, 1.165) is 22.8 Å². The van der Waals surface area contributed by atoms with Gasteiger partial charge in [-0.1, -0.05) is 0 Å². The summed E-state index contributed by atoms with van der Waals surface area (Å²) in [6.45, 7) is 2.99. The summed E-state index contributed by atoms with van der Waals surface area (Å²) < 4.78 is 17.0. The van der Waals surface area contributed by atoms with Crippen LogP contribution in [0.15, 0.2) is 27.3 Å². The fraction of sp³-hybridized carbons (Fsp3) is 0.250. The smallest absolute Gasteiger partial charge is 0.197 e. The lowest BCUT2D eigenvalue weighted by Gasteiger charge is -2.18. The molecule has 0 unspecified atom stereocenters. The molecule has 1 aromatic carbocycles. The normalized spacial score (nSPS) is 13.8. The van der Waals surface area contributed by atoms with Gasteiger partial charge in [-0.2, -0.15) is 0 Å². The first-order chi connectivity index (χ1) is 8.24. The summed E-state index contributed by atoms with van der Waals surface area (Å²) in [5.41, 5.74) is 1.72. The van der Waals surface area contributed by atoms with Crippen LogP contribution in [-0.4, -0.2) is 18.2 Å². The van der Waals surface area contributed by atoms with Crippen LogP contribution in [0, 0.1) is 6.92 Å². The van der Waals surface area contributed by atoms with Gasteiger partial charge in [-0.05, 0) is 34.1 Å². The third-order valence-corrected chi connectivity index (χ3v) is 3.05. The number of oxazole rings is 1. The first kappa shape index (κ1) is 10.7. The molecule has 0 atom stereocenters. The lowest BCUT2D eigenvalue weighted by Crippen LogP contribution is -2.15. The Balaban J connectivity index is 2.06. The maximum Gasteiger partial charge on any atom is 0.197 e. The van der Waals surface area contributed by atoms with Gasteiger partial charge in [0.05, 0.1) is 0 Å². The Hall–Kier alpha value is -1.49. The number of benzene rings is 1. The van der Waals surface area contributed by atoms with Crippen molar-refractivity contribution in [3.8, 4) is 22.8 Å². The van der Waals surface area contributed by atoms with Crippen molar-refractivity contribution in [1.82, 2.24) is 4.98 Å². The fourth-order valence-corrected chi connectivity index (χ4v) is 2.32. The van der Waals surface area contributed by atoms with Crippen molar-refractivity contribution in [3.63, 3.8) is 0 Å². The molecule has 0 saturated carbocycles. The number of nitrogens with zero attached hydrogens (tertiary/aromatic N) is 1. The lowest BCUT2D eigenvalue weighted by atomic mass is 10.1. The van der Waals surface area contributed by atoms with Crippen LogP contribution in [0.3, 0.4) is 0 Å². The molecule has 1 aromatic heterocycles. The molecule has 0 fully saturated rings. The van der Waals surface area contributed by atoms with Crippen LogP contribution in [0.5, 0.6) is 11.5 Å². The van der Waals surface area contributed by atoms with Crippen molar-refractivity contribution in [3.05, 3.63) is 28.8 Å². The summed E-state index contributed by atoms with van der Waals surface area (Å²) in [5, 5.41) is 0. The van der Waals surface area contributed by atoms with Crippen LogP contribution >= 0.6 is 15.9 Å². The Morgan fingerprint density at radius 1 is 1.18 bits per heavy atom. The second kappa shape index (κ2) is 4.07. The maximum atomic E-state index is 5.53. The first-order valence-corrected chi connectivity index (χ1v) is 6.06. The molecule has 3 rings (SSSR count). The van der Waals surface area contributed by atoms with Crippen LogP contribution in [0.1, 0.15) is 5.89 Å². The van der Waals surface area contributed by atoms with Gasteiger partial charge in [-0.15, -0.1) is 0 Å². The summed E-state index contributed by atoms with van der Waals surface area (Å²) in [4.78, 5) is 4.32.